The number of ketones is 1. The Bertz CT molecular complexity index is 705. The van der Waals surface area contributed by atoms with Gasteiger partial charge in [-0.05, 0) is 53.5 Å². The fourth-order valence-electron chi connectivity index (χ4n) is 2.61. The van der Waals surface area contributed by atoms with Crippen LogP contribution in [-0.4, -0.2) is 61.1 Å². The highest BCUT2D eigenvalue weighted by molar-refractivity contribution is 5.87. The molecule has 33 heavy (non-hydrogen) atoms. The third kappa shape index (κ3) is 18.6. The summed E-state index contributed by atoms with van der Waals surface area (Å²) in [5.41, 5.74) is 6.80. The Balaban J connectivity index is 4.64. The van der Waals surface area contributed by atoms with Gasteiger partial charge in [-0.25, -0.2) is 0 Å². The summed E-state index contributed by atoms with van der Waals surface area (Å²) in [5.74, 6) is -2.39. The van der Waals surface area contributed by atoms with Gasteiger partial charge in [-0.3, -0.25) is 19.2 Å². The molecule has 1 amide bonds. The number of Topliss-reactive ketones (excluding diaryl/α,β-unsaturated/α-hetero) is 1. The van der Waals surface area contributed by atoms with E-state index in [0.29, 0.717) is 0 Å². The first-order valence-corrected chi connectivity index (χ1v) is 11.0. The number of ether oxygens (including phenoxy) is 3. The van der Waals surface area contributed by atoms with Gasteiger partial charge in [0.15, 0.2) is 0 Å². The first-order chi connectivity index (χ1) is 15.2. The van der Waals surface area contributed by atoms with Crippen molar-refractivity contribution in [2.45, 2.75) is 84.8 Å². The van der Waals surface area contributed by atoms with Gasteiger partial charge in [-0.2, -0.15) is 0 Å². The molecule has 0 aliphatic carbocycles. The fourth-order valence-corrected chi connectivity index (χ4v) is 2.61. The number of hydrogen-bond acceptors (Lipinski definition) is 8. The maximum Gasteiger partial charge on any atom is 0.309 e. The smallest absolute Gasteiger partial charge is 0.309 e. The lowest BCUT2D eigenvalue weighted by molar-refractivity contribution is -0.161. The Labute approximate surface area is 195 Å². The molecule has 188 valence electrons. The highest BCUT2D eigenvalue weighted by atomic mass is 16.6. The quantitative estimate of drug-likeness (QED) is 0.126. The summed E-state index contributed by atoms with van der Waals surface area (Å²) < 4.78 is 15.8. The van der Waals surface area contributed by atoms with E-state index in [0.717, 1.165) is 0 Å². The predicted molar refractivity (Wildman–Crippen MR) is 121 cm³/mol. The van der Waals surface area contributed by atoms with Crippen molar-refractivity contribution in [3.63, 3.8) is 0 Å². The molecule has 11 heteroatoms. The molecule has 0 spiro atoms. The molecule has 0 aromatic heterocycles. The van der Waals surface area contributed by atoms with Crippen molar-refractivity contribution < 1.29 is 33.4 Å². The Morgan fingerprint density at radius 1 is 0.939 bits per heavy atom. The van der Waals surface area contributed by atoms with Crippen LogP contribution in [0.1, 0.15) is 73.6 Å². The molecule has 0 fully saturated rings. The Morgan fingerprint density at radius 3 is 2.15 bits per heavy atom. The van der Waals surface area contributed by atoms with E-state index in [9.17, 15) is 19.2 Å². The molecule has 0 saturated carbocycles. The average Bonchev–Trinajstić information content (AvgIpc) is 2.66. The van der Waals surface area contributed by atoms with Crippen LogP contribution in [0.25, 0.3) is 10.4 Å². The molecule has 0 heterocycles. The van der Waals surface area contributed by atoms with E-state index in [1.807, 2.05) is 0 Å². The third-order valence-corrected chi connectivity index (χ3v) is 3.93. The van der Waals surface area contributed by atoms with Crippen molar-refractivity contribution in [2.75, 3.05) is 26.3 Å². The van der Waals surface area contributed by atoms with Crippen molar-refractivity contribution in [1.29, 1.82) is 0 Å². The molecular formula is C22H38N4O7. The van der Waals surface area contributed by atoms with Crippen LogP contribution in [0.5, 0.6) is 0 Å². The number of azide groups is 1. The molecule has 1 N–H and O–H groups in total. The molecule has 0 aliphatic rings. The van der Waals surface area contributed by atoms with Crippen molar-refractivity contribution in [3.05, 3.63) is 10.4 Å². The van der Waals surface area contributed by atoms with Gasteiger partial charge in [0.1, 0.15) is 17.0 Å². The summed E-state index contributed by atoms with van der Waals surface area (Å²) in [7, 11) is 0. The second-order valence-corrected chi connectivity index (χ2v) is 9.52. The van der Waals surface area contributed by atoms with Crippen LogP contribution >= 0.6 is 0 Å². The molecule has 0 aromatic rings. The predicted octanol–water partition coefficient (Wildman–Crippen LogP) is 3.25. The molecule has 0 aliphatic heterocycles. The number of carbonyl (C=O) groups is 4. The van der Waals surface area contributed by atoms with Gasteiger partial charge in [0, 0.05) is 37.3 Å². The molecule has 0 bridgehead atoms. The van der Waals surface area contributed by atoms with Crippen LogP contribution in [0.2, 0.25) is 0 Å². The molecule has 1 atom stereocenters. The maximum atomic E-state index is 12.6. The summed E-state index contributed by atoms with van der Waals surface area (Å²) in [6.07, 6.45) is -0.0724. The summed E-state index contributed by atoms with van der Waals surface area (Å²) in [5, 5.41) is 5.99. The van der Waals surface area contributed by atoms with Crippen molar-refractivity contribution in [1.82, 2.24) is 5.32 Å². The van der Waals surface area contributed by atoms with Crippen LogP contribution in [0.3, 0.4) is 0 Å². The second kappa shape index (κ2) is 15.2. The minimum absolute atomic E-state index is 0.0297. The van der Waals surface area contributed by atoms with Crippen molar-refractivity contribution in [2.24, 2.45) is 11.0 Å². The van der Waals surface area contributed by atoms with Crippen LogP contribution in [-0.2, 0) is 33.4 Å². The number of esters is 2. The topological polar surface area (TPSA) is 157 Å². The largest absolute Gasteiger partial charge is 0.460 e. The Hall–Kier alpha value is -2.65. The van der Waals surface area contributed by atoms with Gasteiger partial charge in [0.05, 0.1) is 25.6 Å². The highest BCUT2D eigenvalue weighted by Crippen LogP contribution is 2.20. The summed E-state index contributed by atoms with van der Waals surface area (Å²) in [6, 6.07) is 0. The number of rotatable bonds is 15. The standard InChI is InChI=1S/C22H38N4O7/c1-21(2,3)32-19(29)10-8-17(27)15-16(20(30)33-22(4,5)6)7-9-18(28)24-11-13-31-14-12-25-26-23/h16H,7-15H2,1-6H3,(H,24,28)/t16-/m1/s1. The molecule has 11 nitrogen and oxygen atoms in total. The Kier molecular flexibility index (Phi) is 14.0. The van der Waals surface area contributed by atoms with Gasteiger partial charge < -0.3 is 19.5 Å². The molecule has 0 saturated heterocycles. The van der Waals surface area contributed by atoms with Gasteiger partial charge in [-0.1, -0.05) is 5.11 Å². The summed E-state index contributed by atoms with van der Waals surface area (Å²) in [4.78, 5) is 51.5. The molecule has 0 radical (unpaired) electrons. The van der Waals surface area contributed by atoms with Crippen LogP contribution in [0, 0.1) is 5.92 Å². The number of nitrogens with one attached hydrogen (secondary N) is 1. The SMILES string of the molecule is CC(C)(C)OC(=O)CCC(=O)C[C@@H](CCC(=O)NCCOCCN=[N+]=[N-])C(=O)OC(C)(C)C. The van der Waals surface area contributed by atoms with Gasteiger partial charge in [0.25, 0.3) is 0 Å². The number of carbonyl (C=O) groups excluding carboxylic acids is 4. The van der Waals surface area contributed by atoms with Gasteiger partial charge >= 0.3 is 11.9 Å². The molecular weight excluding hydrogens is 432 g/mol. The minimum atomic E-state index is -0.791. The first kappa shape index (κ1) is 30.4. The highest BCUT2D eigenvalue weighted by Gasteiger charge is 2.28. The fraction of sp³-hybridized carbons (Fsp3) is 0.818. The zero-order valence-corrected chi connectivity index (χ0v) is 20.6. The first-order valence-electron chi connectivity index (χ1n) is 11.0. The van der Waals surface area contributed by atoms with E-state index in [1.165, 1.54) is 0 Å². The van der Waals surface area contributed by atoms with Crippen LogP contribution in [0.15, 0.2) is 5.11 Å². The van der Waals surface area contributed by atoms with E-state index in [2.05, 4.69) is 15.3 Å². The van der Waals surface area contributed by atoms with Crippen LogP contribution < -0.4 is 5.32 Å². The number of amides is 1. The average molecular weight is 471 g/mol. The monoisotopic (exact) mass is 470 g/mol. The molecule has 0 rings (SSSR count). The zero-order valence-electron chi connectivity index (χ0n) is 20.6. The maximum absolute atomic E-state index is 12.6. The number of nitrogens with zero attached hydrogens (tertiary/aromatic N) is 3. The third-order valence-electron chi connectivity index (χ3n) is 3.93. The molecule has 0 aromatic carbocycles. The lowest BCUT2D eigenvalue weighted by Gasteiger charge is -2.24. The second-order valence-electron chi connectivity index (χ2n) is 9.52. The van der Waals surface area contributed by atoms with E-state index in [4.69, 9.17) is 19.7 Å². The number of hydrogen-bond donors (Lipinski definition) is 1. The minimum Gasteiger partial charge on any atom is -0.460 e. The lowest BCUT2D eigenvalue weighted by Crippen LogP contribution is -2.32. The zero-order chi connectivity index (χ0) is 25.5. The van der Waals surface area contributed by atoms with Gasteiger partial charge in [0.2, 0.25) is 5.91 Å². The van der Waals surface area contributed by atoms with Crippen LogP contribution in [0.4, 0.5) is 0 Å². The molecule has 0 unspecified atom stereocenters. The van der Waals surface area contributed by atoms with E-state index in [-0.39, 0.29) is 70.1 Å². The Morgan fingerprint density at radius 2 is 1.58 bits per heavy atom. The lowest BCUT2D eigenvalue weighted by atomic mass is 9.94. The normalized spacial score (nSPS) is 12.3. The van der Waals surface area contributed by atoms with Crippen molar-refractivity contribution >= 4 is 23.6 Å². The van der Waals surface area contributed by atoms with E-state index < -0.39 is 29.1 Å². The van der Waals surface area contributed by atoms with E-state index >= 15 is 0 Å². The summed E-state index contributed by atoms with van der Waals surface area (Å²) in [6.45, 7) is 11.4. The summed E-state index contributed by atoms with van der Waals surface area (Å²) >= 11 is 0. The van der Waals surface area contributed by atoms with Crippen molar-refractivity contribution in [3.8, 4) is 0 Å². The van der Waals surface area contributed by atoms with Gasteiger partial charge in [-0.15, -0.1) is 0 Å². The van der Waals surface area contributed by atoms with E-state index in [1.54, 1.807) is 41.5 Å².